The molecule has 0 spiro atoms. The SMILES string of the molecule is O=C1/C(=C/c2ccc(Cl)cc2Cl)Oc2c1ccc1c2CN(Cc2ccc(F)cc2)CO1. The Balaban J connectivity index is 1.43. The molecule has 0 saturated carbocycles. The first-order valence-corrected chi connectivity index (χ1v) is 10.4. The second-order valence-electron chi connectivity index (χ2n) is 7.41. The zero-order valence-electron chi connectivity index (χ0n) is 16.2. The van der Waals surface area contributed by atoms with Crippen molar-refractivity contribution in [2.24, 2.45) is 0 Å². The summed E-state index contributed by atoms with van der Waals surface area (Å²) < 4.78 is 25.0. The molecule has 2 heterocycles. The Kier molecular flexibility index (Phi) is 5.18. The highest BCUT2D eigenvalue weighted by Crippen LogP contribution is 2.42. The van der Waals surface area contributed by atoms with E-state index < -0.39 is 0 Å². The topological polar surface area (TPSA) is 38.8 Å². The predicted octanol–water partition coefficient (Wildman–Crippen LogP) is 6.10. The Labute approximate surface area is 188 Å². The molecule has 0 amide bonds. The van der Waals surface area contributed by atoms with Crippen LogP contribution in [0.5, 0.6) is 11.5 Å². The fourth-order valence-corrected chi connectivity index (χ4v) is 4.18. The summed E-state index contributed by atoms with van der Waals surface area (Å²) in [5.74, 6) is 0.909. The number of benzene rings is 3. The van der Waals surface area contributed by atoms with Gasteiger partial charge in [-0.1, -0.05) is 41.4 Å². The molecule has 156 valence electrons. The summed E-state index contributed by atoms with van der Waals surface area (Å²) in [5.41, 5.74) is 2.91. The number of hydrogen-bond donors (Lipinski definition) is 0. The molecule has 0 fully saturated rings. The van der Waals surface area contributed by atoms with Crippen molar-refractivity contribution in [2.75, 3.05) is 6.73 Å². The van der Waals surface area contributed by atoms with Gasteiger partial charge in [-0.15, -0.1) is 0 Å². The number of halogens is 3. The van der Waals surface area contributed by atoms with Gasteiger partial charge in [0.2, 0.25) is 5.78 Å². The second-order valence-corrected chi connectivity index (χ2v) is 8.26. The van der Waals surface area contributed by atoms with Crippen molar-refractivity contribution < 1.29 is 18.7 Å². The normalized spacial score (nSPS) is 16.6. The number of ether oxygens (including phenoxy) is 2. The predicted molar refractivity (Wildman–Crippen MR) is 117 cm³/mol. The molecule has 0 radical (unpaired) electrons. The minimum absolute atomic E-state index is 0.197. The van der Waals surface area contributed by atoms with Crippen LogP contribution in [0.2, 0.25) is 10.0 Å². The third-order valence-corrected chi connectivity index (χ3v) is 5.81. The van der Waals surface area contributed by atoms with Gasteiger partial charge in [0.05, 0.1) is 11.1 Å². The van der Waals surface area contributed by atoms with Crippen molar-refractivity contribution in [1.82, 2.24) is 4.90 Å². The molecule has 7 heteroatoms. The third kappa shape index (κ3) is 3.92. The van der Waals surface area contributed by atoms with E-state index >= 15 is 0 Å². The molecule has 5 rings (SSSR count). The molecular formula is C24H16Cl2FNO3. The number of hydrogen-bond acceptors (Lipinski definition) is 4. The van der Waals surface area contributed by atoms with Crippen LogP contribution in [-0.4, -0.2) is 17.4 Å². The Morgan fingerprint density at radius 3 is 2.65 bits per heavy atom. The Hall–Kier alpha value is -2.86. The van der Waals surface area contributed by atoms with Crippen LogP contribution >= 0.6 is 23.2 Å². The molecule has 31 heavy (non-hydrogen) atoms. The summed E-state index contributed by atoms with van der Waals surface area (Å²) in [6.07, 6.45) is 1.62. The van der Waals surface area contributed by atoms with Crippen LogP contribution in [-0.2, 0) is 13.1 Å². The highest BCUT2D eigenvalue weighted by molar-refractivity contribution is 6.35. The maximum absolute atomic E-state index is 13.2. The zero-order chi connectivity index (χ0) is 21.5. The van der Waals surface area contributed by atoms with Crippen molar-refractivity contribution in [2.45, 2.75) is 13.1 Å². The minimum atomic E-state index is -0.270. The smallest absolute Gasteiger partial charge is 0.231 e. The Morgan fingerprint density at radius 2 is 1.87 bits per heavy atom. The fraction of sp³-hybridized carbons (Fsp3) is 0.125. The Morgan fingerprint density at radius 1 is 1.06 bits per heavy atom. The van der Waals surface area contributed by atoms with Crippen molar-refractivity contribution in [3.8, 4) is 11.5 Å². The second kappa shape index (κ2) is 8.00. The van der Waals surface area contributed by atoms with Crippen LogP contribution in [0.25, 0.3) is 6.08 Å². The van der Waals surface area contributed by atoms with Gasteiger partial charge in [-0.2, -0.15) is 0 Å². The van der Waals surface area contributed by atoms with E-state index in [-0.39, 0.29) is 17.4 Å². The molecule has 0 bridgehead atoms. The number of rotatable bonds is 3. The number of carbonyl (C=O) groups is 1. The van der Waals surface area contributed by atoms with E-state index in [0.717, 1.165) is 11.1 Å². The zero-order valence-corrected chi connectivity index (χ0v) is 17.7. The molecule has 0 unspecified atom stereocenters. The molecule has 2 aliphatic heterocycles. The molecule has 0 aliphatic carbocycles. The van der Waals surface area contributed by atoms with Crippen LogP contribution in [0.4, 0.5) is 4.39 Å². The highest BCUT2D eigenvalue weighted by atomic mass is 35.5. The summed E-state index contributed by atoms with van der Waals surface area (Å²) in [5, 5.41) is 0.949. The molecule has 4 nitrogen and oxygen atoms in total. The lowest BCUT2D eigenvalue weighted by atomic mass is 10.0. The van der Waals surface area contributed by atoms with Gasteiger partial charge < -0.3 is 9.47 Å². The average Bonchev–Trinajstić information content (AvgIpc) is 3.08. The van der Waals surface area contributed by atoms with Gasteiger partial charge in [0.1, 0.15) is 24.0 Å². The maximum Gasteiger partial charge on any atom is 0.231 e. The molecule has 0 saturated heterocycles. The lowest BCUT2D eigenvalue weighted by Crippen LogP contribution is -2.31. The molecule has 2 aliphatic rings. The summed E-state index contributed by atoms with van der Waals surface area (Å²) in [4.78, 5) is 15.0. The first-order valence-electron chi connectivity index (χ1n) is 9.63. The van der Waals surface area contributed by atoms with E-state index in [1.807, 2.05) is 0 Å². The number of carbonyl (C=O) groups excluding carboxylic acids is 1. The van der Waals surface area contributed by atoms with Crippen LogP contribution in [0.3, 0.4) is 0 Å². The van der Waals surface area contributed by atoms with Gasteiger partial charge in [0, 0.05) is 23.1 Å². The maximum atomic E-state index is 13.2. The van der Waals surface area contributed by atoms with Crippen molar-refractivity contribution in [3.63, 3.8) is 0 Å². The lowest BCUT2D eigenvalue weighted by Gasteiger charge is -2.29. The number of nitrogens with zero attached hydrogens (tertiary/aromatic N) is 1. The van der Waals surface area contributed by atoms with E-state index in [2.05, 4.69) is 4.90 Å². The first-order chi connectivity index (χ1) is 15.0. The summed E-state index contributed by atoms with van der Waals surface area (Å²) >= 11 is 12.2. The van der Waals surface area contributed by atoms with E-state index in [0.29, 0.717) is 52.5 Å². The molecule has 0 aromatic heterocycles. The van der Waals surface area contributed by atoms with Crippen LogP contribution in [0.15, 0.2) is 60.4 Å². The van der Waals surface area contributed by atoms with Gasteiger partial charge >= 0.3 is 0 Å². The van der Waals surface area contributed by atoms with Crippen molar-refractivity contribution in [1.29, 1.82) is 0 Å². The van der Waals surface area contributed by atoms with Crippen LogP contribution in [0.1, 0.15) is 27.0 Å². The molecule has 3 aromatic carbocycles. The quantitative estimate of drug-likeness (QED) is 0.447. The Bertz CT molecular complexity index is 1220. The van der Waals surface area contributed by atoms with Crippen molar-refractivity contribution in [3.05, 3.63) is 98.5 Å². The van der Waals surface area contributed by atoms with Gasteiger partial charge in [-0.05, 0) is 53.6 Å². The number of Topliss-reactive ketones (excluding diaryl/α,β-unsaturated/α-hetero) is 1. The summed E-state index contributed by atoms with van der Waals surface area (Å²) in [6.45, 7) is 1.51. The summed E-state index contributed by atoms with van der Waals surface area (Å²) in [7, 11) is 0. The van der Waals surface area contributed by atoms with E-state index in [1.54, 1.807) is 48.5 Å². The number of fused-ring (bicyclic) bond motifs is 3. The molecular weight excluding hydrogens is 440 g/mol. The van der Waals surface area contributed by atoms with Crippen LogP contribution in [0, 0.1) is 5.82 Å². The van der Waals surface area contributed by atoms with Gasteiger partial charge in [-0.25, -0.2) is 4.39 Å². The van der Waals surface area contributed by atoms with Crippen molar-refractivity contribution >= 4 is 35.1 Å². The molecule has 0 N–H and O–H groups in total. The van der Waals surface area contributed by atoms with Gasteiger partial charge in [0.25, 0.3) is 0 Å². The standard InChI is InChI=1S/C24H16Cl2FNO3/c25-16-4-3-15(20(26)10-16)9-22-23(29)18-7-8-21-19(24(18)31-22)12-28(13-30-21)11-14-1-5-17(27)6-2-14/h1-10H,11-13H2/b22-9-. The molecule has 3 aromatic rings. The summed E-state index contributed by atoms with van der Waals surface area (Å²) in [6, 6.07) is 14.9. The van der Waals surface area contributed by atoms with Gasteiger partial charge in [-0.3, -0.25) is 9.69 Å². The van der Waals surface area contributed by atoms with Crippen LogP contribution < -0.4 is 9.47 Å². The number of ketones is 1. The van der Waals surface area contributed by atoms with E-state index in [9.17, 15) is 9.18 Å². The monoisotopic (exact) mass is 455 g/mol. The minimum Gasteiger partial charge on any atom is -0.478 e. The third-order valence-electron chi connectivity index (χ3n) is 5.25. The lowest BCUT2D eigenvalue weighted by molar-refractivity contribution is 0.0872. The van der Waals surface area contributed by atoms with Gasteiger partial charge in [0.15, 0.2) is 5.76 Å². The van der Waals surface area contributed by atoms with E-state index in [4.69, 9.17) is 32.7 Å². The largest absolute Gasteiger partial charge is 0.478 e. The highest BCUT2D eigenvalue weighted by Gasteiger charge is 2.33. The fourth-order valence-electron chi connectivity index (χ4n) is 3.71. The average molecular weight is 456 g/mol. The number of allylic oxidation sites excluding steroid dienone is 1. The van der Waals surface area contributed by atoms with E-state index in [1.165, 1.54) is 12.1 Å². The molecule has 0 atom stereocenters. The first kappa shape index (κ1) is 20.1.